The zero-order chi connectivity index (χ0) is 20.1. The molecule has 9 heteroatoms. The first-order valence-electron chi connectivity index (χ1n) is 9.01. The van der Waals surface area contributed by atoms with Gasteiger partial charge in [-0.2, -0.15) is 11.3 Å². The largest absolute Gasteiger partial charge is 0.336 e. The van der Waals surface area contributed by atoms with Crippen molar-refractivity contribution in [3.8, 4) is 0 Å². The Morgan fingerprint density at radius 1 is 1.04 bits per heavy atom. The Labute approximate surface area is 169 Å². The summed E-state index contributed by atoms with van der Waals surface area (Å²) >= 11 is 1.51. The molecule has 1 N–H and O–H groups in total. The Hall–Kier alpha value is -2.07. The number of piperazine rings is 1. The van der Waals surface area contributed by atoms with E-state index in [2.05, 4.69) is 9.62 Å². The third kappa shape index (κ3) is 5.05. The van der Waals surface area contributed by atoms with Gasteiger partial charge in [-0.25, -0.2) is 13.1 Å². The van der Waals surface area contributed by atoms with Crippen molar-refractivity contribution in [1.29, 1.82) is 0 Å². The van der Waals surface area contributed by atoms with E-state index in [0.29, 0.717) is 38.3 Å². The smallest absolute Gasteiger partial charge is 0.254 e. The molecular weight excluding hydrogens is 398 g/mol. The molecule has 0 radical (unpaired) electrons. The number of nitrogens with one attached hydrogen (secondary N) is 1. The van der Waals surface area contributed by atoms with E-state index in [-0.39, 0.29) is 23.1 Å². The molecule has 1 aromatic carbocycles. The highest BCUT2D eigenvalue weighted by Gasteiger charge is 2.22. The molecule has 28 heavy (non-hydrogen) atoms. The van der Waals surface area contributed by atoms with E-state index in [1.165, 1.54) is 42.5 Å². The van der Waals surface area contributed by atoms with Crippen molar-refractivity contribution in [3.05, 3.63) is 52.2 Å². The Balaban J connectivity index is 1.45. The minimum atomic E-state index is -3.61. The summed E-state index contributed by atoms with van der Waals surface area (Å²) in [5.41, 5.74) is 1.20. The van der Waals surface area contributed by atoms with Crippen LogP contribution in [0.1, 0.15) is 27.6 Å². The van der Waals surface area contributed by atoms with E-state index in [0.717, 1.165) is 5.56 Å². The van der Waals surface area contributed by atoms with Gasteiger partial charge in [-0.3, -0.25) is 14.5 Å². The van der Waals surface area contributed by atoms with E-state index in [1.54, 1.807) is 0 Å². The molecule has 150 valence electrons. The molecule has 1 saturated heterocycles. The first-order chi connectivity index (χ1) is 13.4. The van der Waals surface area contributed by atoms with Crippen LogP contribution in [0, 0.1) is 0 Å². The maximum absolute atomic E-state index is 12.4. The van der Waals surface area contributed by atoms with Crippen molar-refractivity contribution in [3.63, 3.8) is 0 Å². The summed E-state index contributed by atoms with van der Waals surface area (Å²) in [5.74, 6) is -0.0517. The quantitative estimate of drug-likeness (QED) is 0.688. The van der Waals surface area contributed by atoms with E-state index in [1.807, 2.05) is 21.7 Å². The van der Waals surface area contributed by atoms with Crippen molar-refractivity contribution in [2.24, 2.45) is 0 Å². The van der Waals surface area contributed by atoms with E-state index in [9.17, 15) is 18.0 Å². The number of rotatable bonds is 7. The molecule has 1 amide bonds. The van der Waals surface area contributed by atoms with Gasteiger partial charge in [0.25, 0.3) is 5.91 Å². The average molecular weight is 422 g/mol. The van der Waals surface area contributed by atoms with Crippen LogP contribution in [-0.4, -0.2) is 69.2 Å². The topological polar surface area (TPSA) is 86.8 Å². The molecule has 2 heterocycles. The van der Waals surface area contributed by atoms with Crippen LogP contribution in [-0.2, 0) is 10.0 Å². The lowest BCUT2D eigenvalue weighted by Gasteiger charge is -2.34. The number of hydrogen-bond donors (Lipinski definition) is 1. The van der Waals surface area contributed by atoms with Gasteiger partial charge in [0.2, 0.25) is 10.0 Å². The predicted octanol–water partition coefficient (Wildman–Crippen LogP) is 1.69. The number of benzene rings is 1. The second-order valence-electron chi connectivity index (χ2n) is 6.62. The van der Waals surface area contributed by atoms with Gasteiger partial charge in [-0.05, 0) is 30.5 Å². The van der Waals surface area contributed by atoms with Crippen molar-refractivity contribution >= 4 is 33.1 Å². The van der Waals surface area contributed by atoms with Crippen LogP contribution in [0.3, 0.4) is 0 Å². The summed E-state index contributed by atoms with van der Waals surface area (Å²) in [7, 11) is -3.61. The lowest BCUT2D eigenvalue weighted by atomic mass is 10.2. The minimum absolute atomic E-state index is 0.0515. The molecule has 1 aromatic heterocycles. The minimum Gasteiger partial charge on any atom is -0.336 e. The first kappa shape index (κ1) is 20.7. The van der Waals surface area contributed by atoms with Crippen LogP contribution >= 0.6 is 11.3 Å². The van der Waals surface area contributed by atoms with Crippen molar-refractivity contribution in [1.82, 2.24) is 14.5 Å². The molecule has 0 bridgehead atoms. The SMILES string of the molecule is CC(=O)c1ccc(S(=O)(=O)NCCN2CCN(C(=O)c3ccsc3)CC2)cc1. The molecule has 1 aliphatic heterocycles. The van der Waals surface area contributed by atoms with E-state index < -0.39 is 10.0 Å². The molecular formula is C19H23N3O4S2. The predicted molar refractivity (Wildman–Crippen MR) is 108 cm³/mol. The summed E-state index contributed by atoms with van der Waals surface area (Å²) in [6, 6.07) is 7.74. The summed E-state index contributed by atoms with van der Waals surface area (Å²) in [4.78, 5) is 27.7. The molecule has 0 saturated carbocycles. The van der Waals surface area contributed by atoms with E-state index >= 15 is 0 Å². The normalized spacial score (nSPS) is 15.5. The zero-order valence-corrected chi connectivity index (χ0v) is 17.3. The lowest BCUT2D eigenvalue weighted by Crippen LogP contribution is -2.50. The molecule has 0 aliphatic carbocycles. The fraction of sp³-hybridized carbons (Fsp3) is 0.368. The summed E-state index contributed by atoms with van der Waals surface area (Å²) in [6.45, 7) is 4.99. The molecule has 0 unspecified atom stereocenters. The second-order valence-corrected chi connectivity index (χ2v) is 9.17. The number of hydrogen-bond acceptors (Lipinski definition) is 6. The van der Waals surface area contributed by atoms with Crippen molar-refractivity contribution in [2.45, 2.75) is 11.8 Å². The van der Waals surface area contributed by atoms with Crippen LogP contribution < -0.4 is 4.72 Å². The molecule has 0 atom stereocenters. The van der Waals surface area contributed by atoms with E-state index in [4.69, 9.17) is 0 Å². The van der Waals surface area contributed by atoms with Crippen LogP contribution in [0.5, 0.6) is 0 Å². The van der Waals surface area contributed by atoms with Crippen LogP contribution in [0.15, 0.2) is 46.0 Å². The Kier molecular flexibility index (Phi) is 6.61. The second kappa shape index (κ2) is 8.95. The molecule has 7 nitrogen and oxygen atoms in total. The Morgan fingerprint density at radius 3 is 2.29 bits per heavy atom. The number of Topliss-reactive ketones (excluding diaryl/α,β-unsaturated/α-hetero) is 1. The molecule has 1 aliphatic rings. The van der Waals surface area contributed by atoms with Crippen LogP contribution in [0.25, 0.3) is 0 Å². The third-order valence-corrected chi connectivity index (χ3v) is 6.88. The number of nitrogens with zero attached hydrogens (tertiary/aromatic N) is 2. The number of amides is 1. The number of sulfonamides is 1. The van der Waals surface area contributed by atoms with Crippen LogP contribution in [0.2, 0.25) is 0 Å². The molecule has 2 aromatic rings. The average Bonchev–Trinajstić information content (AvgIpc) is 3.23. The zero-order valence-electron chi connectivity index (χ0n) is 15.6. The number of carbonyl (C=O) groups excluding carboxylic acids is 2. The first-order valence-corrected chi connectivity index (χ1v) is 11.4. The highest BCUT2D eigenvalue weighted by atomic mass is 32.2. The van der Waals surface area contributed by atoms with Gasteiger partial charge in [-0.15, -0.1) is 0 Å². The monoisotopic (exact) mass is 421 g/mol. The number of ketones is 1. The summed E-state index contributed by atoms with van der Waals surface area (Å²) < 4.78 is 27.3. The Bertz CT molecular complexity index is 917. The fourth-order valence-electron chi connectivity index (χ4n) is 3.03. The van der Waals surface area contributed by atoms with Gasteiger partial charge in [0, 0.05) is 50.2 Å². The number of thiophene rings is 1. The Morgan fingerprint density at radius 2 is 1.71 bits per heavy atom. The van der Waals surface area contributed by atoms with Crippen molar-refractivity contribution in [2.75, 3.05) is 39.3 Å². The fourth-order valence-corrected chi connectivity index (χ4v) is 4.68. The van der Waals surface area contributed by atoms with Crippen LogP contribution in [0.4, 0.5) is 0 Å². The molecule has 1 fully saturated rings. The van der Waals surface area contributed by atoms with Gasteiger partial charge >= 0.3 is 0 Å². The number of carbonyl (C=O) groups is 2. The van der Waals surface area contributed by atoms with Gasteiger partial charge < -0.3 is 4.90 Å². The van der Waals surface area contributed by atoms with Gasteiger partial charge in [0.05, 0.1) is 10.5 Å². The maximum atomic E-state index is 12.4. The highest BCUT2D eigenvalue weighted by molar-refractivity contribution is 7.89. The highest BCUT2D eigenvalue weighted by Crippen LogP contribution is 2.13. The summed E-state index contributed by atoms with van der Waals surface area (Å²) in [5, 5.41) is 3.75. The molecule has 3 rings (SSSR count). The maximum Gasteiger partial charge on any atom is 0.254 e. The van der Waals surface area contributed by atoms with Crippen molar-refractivity contribution < 1.29 is 18.0 Å². The standard InChI is InChI=1S/C19H23N3O4S2/c1-15(23)16-2-4-18(5-3-16)28(25,26)20-7-8-21-9-11-22(12-10-21)19(24)17-6-13-27-14-17/h2-6,13-14,20H,7-12H2,1H3. The van der Waals surface area contributed by atoms with Gasteiger partial charge in [0.1, 0.15) is 0 Å². The third-order valence-electron chi connectivity index (χ3n) is 4.72. The lowest BCUT2D eigenvalue weighted by molar-refractivity contribution is 0.0640. The summed E-state index contributed by atoms with van der Waals surface area (Å²) in [6.07, 6.45) is 0. The molecule has 0 spiro atoms. The van der Waals surface area contributed by atoms with Gasteiger partial charge in [0.15, 0.2) is 5.78 Å². The van der Waals surface area contributed by atoms with Gasteiger partial charge in [-0.1, -0.05) is 12.1 Å².